The van der Waals surface area contributed by atoms with Crippen molar-refractivity contribution in [3.8, 4) is 5.75 Å². The predicted octanol–water partition coefficient (Wildman–Crippen LogP) is -3.13. The zero-order valence-corrected chi connectivity index (χ0v) is 23.5. The van der Waals surface area contributed by atoms with E-state index >= 15 is 0 Å². The van der Waals surface area contributed by atoms with Gasteiger partial charge in [-0.25, -0.2) is 4.89 Å². The number of benzene rings is 1. The molecule has 0 amide bonds. The molecule has 30 heavy (non-hydrogen) atoms. The van der Waals surface area contributed by atoms with Crippen molar-refractivity contribution in [1.29, 1.82) is 0 Å². The summed E-state index contributed by atoms with van der Waals surface area (Å²) in [6.45, 7) is 0. The Morgan fingerprint density at radius 1 is 1.13 bits per heavy atom. The molecule has 1 heterocycles. The predicted molar refractivity (Wildman–Crippen MR) is 95.4 cm³/mol. The van der Waals surface area contributed by atoms with Crippen LogP contribution in [0.2, 0.25) is 5.02 Å². The standard InChI is InChI=1S/C18H21Cl2O7P.2Na/c1-24-18(14-6-13(2-3-15(14)19)25-28(21,22)23)17(26-27-18)11-4-10-5-12(17)9-16(20,7-10)8-11;;/h2-3,6,10-12H,4-5,7-9H2,1H3,(H2,21,22,23);;/q;2*+1/p-2/t10?,11-,12+,16?,17?,18?;;. The van der Waals surface area contributed by atoms with Crippen LogP contribution in [0.5, 0.6) is 5.75 Å². The molecule has 5 fully saturated rings. The maximum absolute atomic E-state index is 11.0. The summed E-state index contributed by atoms with van der Waals surface area (Å²) < 4.78 is 21.5. The average Bonchev–Trinajstić information content (AvgIpc) is 2.54. The number of methoxy groups -OCH3 is 1. The first-order valence-corrected chi connectivity index (χ1v) is 11.4. The summed E-state index contributed by atoms with van der Waals surface area (Å²) >= 11 is 13.3. The number of rotatable bonds is 4. The van der Waals surface area contributed by atoms with E-state index in [1.807, 2.05) is 0 Å². The molecule has 5 aliphatic rings. The molecule has 0 aromatic heterocycles. The summed E-state index contributed by atoms with van der Waals surface area (Å²) in [5, 5.41) is 0.304. The largest absolute Gasteiger partial charge is 1.00 e. The first-order chi connectivity index (χ1) is 13.1. The Hall–Kier alpha value is 1.63. The first kappa shape index (κ1) is 26.2. The molecule has 4 saturated carbocycles. The first-order valence-electron chi connectivity index (χ1n) is 9.23. The van der Waals surface area contributed by atoms with Gasteiger partial charge in [0, 0.05) is 22.6 Å². The van der Waals surface area contributed by atoms with Crippen LogP contribution >= 0.6 is 31.0 Å². The molecule has 1 aliphatic heterocycles. The number of ether oxygens (including phenoxy) is 1. The van der Waals surface area contributed by atoms with Crippen LogP contribution in [-0.4, -0.2) is 17.6 Å². The van der Waals surface area contributed by atoms with Crippen LogP contribution < -0.4 is 73.4 Å². The second-order valence-corrected chi connectivity index (χ2v) is 10.7. The molecule has 154 valence electrons. The monoisotopic (exact) mass is 494 g/mol. The van der Waals surface area contributed by atoms with Crippen molar-refractivity contribution in [2.45, 2.75) is 48.4 Å². The topological polar surface area (TPSA) is 100 Å². The van der Waals surface area contributed by atoms with Crippen molar-refractivity contribution < 1.29 is 92.5 Å². The van der Waals surface area contributed by atoms with Gasteiger partial charge in [-0.15, -0.1) is 11.6 Å². The van der Waals surface area contributed by atoms with Crippen molar-refractivity contribution in [2.75, 3.05) is 7.11 Å². The molecule has 6 rings (SSSR count). The smallest absolute Gasteiger partial charge is 0.780 e. The summed E-state index contributed by atoms with van der Waals surface area (Å²) in [7, 11) is -3.72. The van der Waals surface area contributed by atoms with E-state index in [1.165, 1.54) is 25.3 Å². The van der Waals surface area contributed by atoms with E-state index in [2.05, 4.69) is 4.52 Å². The number of phosphoric ester groups is 1. The van der Waals surface area contributed by atoms with E-state index in [-0.39, 0.29) is 81.6 Å². The third-order valence-corrected chi connectivity index (χ3v) is 8.16. The van der Waals surface area contributed by atoms with Crippen LogP contribution in [0.4, 0.5) is 0 Å². The van der Waals surface area contributed by atoms with Gasteiger partial charge in [0.05, 0.1) is 0 Å². The van der Waals surface area contributed by atoms with Crippen molar-refractivity contribution in [3.63, 3.8) is 0 Å². The van der Waals surface area contributed by atoms with Gasteiger partial charge in [-0.3, -0.25) is 0 Å². The second kappa shape index (κ2) is 8.69. The zero-order chi connectivity index (χ0) is 19.9. The van der Waals surface area contributed by atoms with E-state index in [0.29, 0.717) is 16.5 Å². The number of hydrogen-bond donors (Lipinski definition) is 0. The maximum Gasteiger partial charge on any atom is 1.00 e. The summed E-state index contributed by atoms with van der Waals surface area (Å²) in [6, 6.07) is 4.14. The van der Waals surface area contributed by atoms with E-state index in [9.17, 15) is 14.4 Å². The minimum Gasteiger partial charge on any atom is -0.780 e. The van der Waals surface area contributed by atoms with Crippen molar-refractivity contribution in [3.05, 3.63) is 28.8 Å². The van der Waals surface area contributed by atoms with Crippen LogP contribution in [0.3, 0.4) is 0 Å². The Labute approximate surface area is 229 Å². The second-order valence-electron chi connectivity index (χ2n) is 8.46. The third-order valence-electron chi connectivity index (χ3n) is 6.94. The van der Waals surface area contributed by atoms with Gasteiger partial charge in [-0.2, -0.15) is 4.89 Å². The molecule has 0 N–H and O–H groups in total. The van der Waals surface area contributed by atoms with Gasteiger partial charge in [0.15, 0.2) is 5.60 Å². The Kier molecular flexibility index (Phi) is 7.60. The number of halogens is 2. The average molecular weight is 495 g/mol. The molecule has 0 radical (unpaired) electrons. The van der Waals surface area contributed by atoms with Crippen LogP contribution in [0.1, 0.15) is 37.7 Å². The molecular formula is C18H19Cl2Na2O7P. The fourth-order valence-electron chi connectivity index (χ4n) is 6.26. The minimum atomic E-state index is -5.22. The van der Waals surface area contributed by atoms with E-state index in [0.717, 1.165) is 32.1 Å². The quantitative estimate of drug-likeness (QED) is 0.189. The van der Waals surface area contributed by atoms with Gasteiger partial charge in [0.25, 0.3) is 5.79 Å². The van der Waals surface area contributed by atoms with Gasteiger partial charge in [-0.05, 0) is 68.1 Å². The molecule has 6 atom stereocenters. The molecule has 1 saturated heterocycles. The van der Waals surface area contributed by atoms with Gasteiger partial charge in [-0.1, -0.05) is 11.6 Å². The van der Waals surface area contributed by atoms with Gasteiger partial charge >= 0.3 is 59.1 Å². The van der Waals surface area contributed by atoms with Crippen LogP contribution in [0.25, 0.3) is 0 Å². The Morgan fingerprint density at radius 3 is 2.23 bits per heavy atom. The van der Waals surface area contributed by atoms with Crippen LogP contribution in [0.15, 0.2) is 18.2 Å². The number of phosphoric acid groups is 1. The molecular weight excluding hydrogens is 476 g/mol. The summed E-state index contributed by atoms with van der Waals surface area (Å²) in [6.07, 6.45) is 4.53. The molecule has 12 heteroatoms. The van der Waals surface area contributed by atoms with E-state index in [4.69, 9.17) is 37.7 Å². The SMILES string of the molecule is COC1(c2cc(OP(=O)([O-])[O-])ccc2Cl)OOC12[C@@H]1CC3C[C@H]2CC(Cl)(C3)C1.[Na+].[Na+]. The fourth-order valence-corrected chi connectivity index (χ4v) is 7.46. The minimum absolute atomic E-state index is 0. The Balaban J connectivity index is 0.00000128. The van der Waals surface area contributed by atoms with Crippen LogP contribution in [0, 0.1) is 17.8 Å². The molecule has 7 nitrogen and oxygen atoms in total. The summed E-state index contributed by atoms with van der Waals surface area (Å²) in [5.74, 6) is -0.676. The maximum atomic E-state index is 11.0. The van der Waals surface area contributed by atoms with Crippen molar-refractivity contribution >= 4 is 31.0 Å². The van der Waals surface area contributed by atoms with E-state index < -0.39 is 19.2 Å². The molecule has 1 spiro atoms. The Bertz CT molecular complexity index is 864. The van der Waals surface area contributed by atoms with Gasteiger partial charge in [0.1, 0.15) is 13.6 Å². The summed E-state index contributed by atoms with van der Waals surface area (Å²) in [5.41, 5.74) is -0.386. The molecule has 4 bridgehead atoms. The van der Waals surface area contributed by atoms with E-state index in [1.54, 1.807) is 0 Å². The van der Waals surface area contributed by atoms with Crippen LogP contribution in [-0.2, 0) is 24.9 Å². The number of hydrogen-bond acceptors (Lipinski definition) is 7. The van der Waals surface area contributed by atoms with Gasteiger partial charge < -0.3 is 23.6 Å². The molecule has 4 unspecified atom stereocenters. The normalized spacial score (nSPS) is 41.0. The Morgan fingerprint density at radius 2 is 1.77 bits per heavy atom. The molecule has 1 aromatic rings. The zero-order valence-electron chi connectivity index (χ0n) is 17.1. The summed E-state index contributed by atoms with van der Waals surface area (Å²) in [4.78, 5) is 33.3. The third kappa shape index (κ3) is 3.83. The fraction of sp³-hybridized carbons (Fsp3) is 0.667. The van der Waals surface area contributed by atoms with Crippen molar-refractivity contribution in [1.82, 2.24) is 0 Å². The van der Waals surface area contributed by atoms with Crippen molar-refractivity contribution in [2.24, 2.45) is 17.8 Å². The number of alkyl halides is 1. The molecule has 4 aliphatic carbocycles. The van der Waals surface area contributed by atoms with Gasteiger partial charge in [0.2, 0.25) is 0 Å². The molecule has 1 aromatic carbocycles.